The molecule has 17 heavy (non-hydrogen) atoms. The van der Waals surface area contributed by atoms with Gasteiger partial charge in [0.15, 0.2) is 0 Å². The van der Waals surface area contributed by atoms with Gasteiger partial charge < -0.3 is 15.8 Å². The number of ether oxygens (including phenoxy) is 1. The van der Waals surface area contributed by atoms with Crippen LogP contribution in [0, 0.1) is 0 Å². The number of benzene rings is 1. The van der Waals surface area contributed by atoms with E-state index in [0.717, 1.165) is 5.57 Å². The molecule has 0 aliphatic carbocycles. The second-order valence-electron chi connectivity index (χ2n) is 3.83. The van der Waals surface area contributed by atoms with E-state index < -0.39 is 0 Å². The lowest BCUT2D eigenvalue weighted by atomic mass is 10.1. The van der Waals surface area contributed by atoms with E-state index in [0.29, 0.717) is 30.2 Å². The molecule has 0 fully saturated rings. The molecule has 3 N–H and O–H groups in total. The van der Waals surface area contributed by atoms with Crippen molar-refractivity contribution in [3.8, 4) is 5.75 Å². The molecular weight excluding hydrogens is 216 g/mol. The fourth-order valence-electron chi connectivity index (χ4n) is 1.31. The molecule has 0 saturated carbocycles. The van der Waals surface area contributed by atoms with Crippen molar-refractivity contribution in [2.45, 2.75) is 13.8 Å². The monoisotopic (exact) mass is 234 g/mol. The lowest BCUT2D eigenvalue weighted by molar-refractivity contribution is 0.0957. The van der Waals surface area contributed by atoms with Crippen LogP contribution in [0.1, 0.15) is 24.2 Å². The summed E-state index contributed by atoms with van der Waals surface area (Å²) < 4.78 is 5.30. The van der Waals surface area contributed by atoms with Crippen LogP contribution in [0.3, 0.4) is 0 Å². The minimum atomic E-state index is -0.164. The van der Waals surface area contributed by atoms with E-state index in [1.54, 1.807) is 18.2 Å². The first-order chi connectivity index (χ1) is 8.04. The van der Waals surface area contributed by atoms with Gasteiger partial charge in [-0.15, -0.1) is 0 Å². The van der Waals surface area contributed by atoms with Crippen LogP contribution in [-0.4, -0.2) is 19.1 Å². The second kappa shape index (κ2) is 5.94. The van der Waals surface area contributed by atoms with Crippen molar-refractivity contribution in [3.63, 3.8) is 0 Å². The van der Waals surface area contributed by atoms with Crippen molar-refractivity contribution < 1.29 is 9.53 Å². The average molecular weight is 234 g/mol. The summed E-state index contributed by atoms with van der Waals surface area (Å²) in [4.78, 5) is 11.7. The summed E-state index contributed by atoms with van der Waals surface area (Å²) in [6, 6.07) is 5.00. The first-order valence-corrected chi connectivity index (χ1v) is 5.49. The topological polar surface area (TPSA) is 64.3 Å². The highest BCUT2D eigenvalue weighted by molar-refractivity contribution is 5.95. The predicted molar refractivity (Wildman–Crippen MR) is 69.2 cm³/mol. The number of amides is 1. The summed E-state index contributed by atoms with van der Waals surface area (Å²) in [5, 5.41) is 2.74. The van der Waals surface area contributed by atoms with Gasteiger partial charge in [-0.25, -0.2) is 0 Å². The van der Waals surface area contributed by atoms with Crippen LogP contribution < -0.4 is 15.8 Å². The molecule has 4 heteroatoms. The predicted octanol–water partition coefficient (Wildman–Crippen LogP) is 1.97. The Hall–Kier alpha value is -1.97. The highest BCUT2D eigenvalue weighted by atomic mass is 16.5. The van der Waals surface area contributed by atoms with Gasteiger partial charge in [0.2, 0.25) is 0 Å². The maximum atomic E-state index is 11.7. The van der Waals surface area contributed by atoms with Gasteiger partial charge in [0.1, 0.15) is 5.75 Å². The number of rotatable bonds is 5. The molecule has 0 aromatic heterocycles. The number of nitrogens with two attached hydrogens (primary N) is 1. The molecule has 1 amide bonds. The van der Waals surface area contributed by atoms with Gasteiger partial charge in [-0.05, 0) is 32.0 Å². The molecule has 0 heterocycles. The summed E-state index contributed by atoms with van der Waals surface area (Å²) >= 11 is 0. The molecule has 0 aliphatic heterocycles. The van der Waals surface area contributed by atoms with Gasteiger partial charge >= 0.3 is 0 Å². The highest BCUT2D eigenvalue weighted by Crippen LogP contribution is 2.22. The number of anilines is 1. The lowest BCUT2D eigenvalue weighted by Gasteiger charge is -2.09. The Morgan fingerprint density at radius 2 is 2.24 bits per heavy atom. The molecule has 0 bridgehead atoms. The standard InChI is InChI=1S/C13H18N2O2/c1-4-17-12-6-5-10(7-11(12)14)13(16)15-8-9(2)3/h5-7H,2,4,8,14H2,1,3H3,(H,15,16). The van der Waals surface area contributed by atoms with Gasteiger partial charge in [-0.2, -0.15) is 0 Å². The fourth-order valence-corrected chi connectivity index (χ4v) is 1.31. The second-order valence-corrected chi connectivity index (χ2v) is 3.83. The van der Waals surface area contributed by atoms with Crippen LogP contribution >= 0.6 is 0 Å². The number of nitrogens with one attached hydrogen (secondary N) is 1. The molecule has 1 rings (SSSR count). The quantitative estimate of drug-likeness (QED) is 0.604. The van der Waals surface area contributed by atoms with Gasteiger partial charge in [0.05, 0.1) is 12.3 Å². The van der Waals surface area contributed by atoms with Crippen LogP contribution in [0.2, 0.25) is 0 Å². The molecule has 0 unspecified atom stereocenters. The Bertz CT molecular complexity index is 427. The summed E-state index contributed by atoms with van der Waals surface area (Å²) in [7, 11) is 0. The largest absolute Gasteiger partial charge is 0.492 e. The van der Waals surface area contributed by atoms with Crippen LogP contribution in [0.5, 0.6) is 5.75 Å². The lowest BCUT2D eigenvalue weighted by Crippen LogP contribution is -2.24. The maximum Gasteiger partial charge on any atom is 0.251 e. The normalized spacial score (nSPS) is 9.76. The number of hydrogen-bond acceptors (Lipinski definition) is 3. The SMILES string of the molecule is C=C(C)CNC(=O)c1ccc(OCC)c(N)c1. The first-order valence-electron chi connectivity index (χ1n) is 5.49. The van der Waals surface area contributed by atoms with E-state index in [-0.39, 0.29) is 5.91 Å². The Morgan fingerprint density at radius 3 is 2.76 bits per heavy atom. The number of carbonyl (C=O) groups excluding carboxylic acids is 1. The van der Waals surface area contributed by atoms with E-state index in [1.165, 1.54) is 0 Å². The van der Waals surface area contributed by atoms with Crippen LogP contribution in [0.25, 0.3) is 0 Å². The minimum absolute atomic E-state index is 0.164. The van der Waals surface area contributed by atoms with Crippen LogP contribution in [0.4, 0.5) is 5.69 Å². The highest BCUT2D eigenvalue weighted by Gasteiger charge is 2.08. The average Bonchev–Trinajstić information content (AvgIpc) is 2.28. The van der Waals surface area contributed by atoms with Crippen molar-refractivity contribution >= 4 is 11.6 Å². The fraction of sp³-hybridized carbons (Fsp3) is 0.308. The Kier molecular flexibility index (Phi) is 4.57. The summed E-state index contributed by atoms with van der Waals surface area (Å²) in [5.41, 5.74) is 7.67. The van der Waals surface area contributed by atoms with Crippen LogP contribution in [-0.2, 0) is 0 Å². The van der Waals surface area contributed by atoms with Gasteiger partial charge in [-0.3, -0.25) is 4.79 Å². The molecule has 0 radical (unpaired) electrons. The van der Waals surface area contributed by atoms with E-state index in [1.807, 2.05) is 13.8 Å². The molecule has 1 aromatic rings. The smallest absolute Gasteiger partial charge is 0.251 e. The molecule has 0 spiro atoms. The zero-order valence-electron chi connectivity index (χ0n) is 10.2. The molecule has 0 aliphatic rings. The van der Waals surface area contributed by atoms with Gasteiger partial charge in [0, 0.05) is 12.1 Å². The third-order valence-electron chi connectivity index (χ3n) is 2.12. The molecule has 0 atom stereocenters. The van der Waals surface area contributed by atoms with Crippen molar-refractivity contribution in [1.82, 2.24) is 5.32 Å². The van der Waals surface area contributed by atoms with Crippen molar-refractivity contribution in [3.05, 3.63) is 35.9 Å². The van der Waals surface area contributed by atoms with E-state index in [4.69, 9.17) is 10.5 Å². The maximum absolute atomic E-state index is 11.7. The Balaban J connectivity index is 2.75. The molecule has 92 valence electrons. The van der Waals surface area contributed by atoms with Crippen LogP contribution in [0.15, 0.2) is 30.4 Å². The van der Waals surface area contributed by atoms with E-state index in [2.05, 4.69) is 11.9 Å². The molecule has 4 nitrogen and oxygen atoms in total. The summed E-state index contributed by atoms with van der Waals surface area (Å²) in [6.07, 6.45) is 0. The molecule has 0 saturated heterocycles. The Morgan fingerprint density at radius 1 is 1.53 bits per heavy atom. The first kappa shape index (κ1) is 13.1. The Labute approximate surface area is 101 Å². The van der Waals surface area contributed by atoms with Crippen molar-refractivity contribution in [1.29, 1.82) is 0 Å². The summed E-state index contributed by atoms with van der Waals surface area (Å²) in [5.74, 6) is 0.437. The zero-order valence-corrected chi connectivity index (χ0v) is 10.2. The van der Waals surface area contributed by atoms with Gasteiger partial charge in [0.25, 0.3) is 5.91 Å². The number of carbonyl (C=O) groups is 1. The number of hydrogen-bond donors (Lipinski definition) is 2. The molecule has 1 aromatic carbocycles. The number of nitrogen functional groups attached to an aromatic ring is 1. The van der Waals surface area contributed by atoms with E-state index >= 15 is 0 Å². The van der Waals surface area contributed by atoms with Gasteiger partial charge in [-0.1, -0.05) is 12.2 Å². The zero-order chi connectivity index (χ0) is 12.8. The van der Waals surface area contributed by atoms with E-state index in [9.17, 15) is 4.79 Å². The minimum Gasteiger partial charge on any atom is -0.492 e. The summed E-state index contributed by atoms with van der Waals surface area (Å²) in [6.45, 7) is 8.46. The molecular formula is C13H18N2O2. The third-order valence-corrected chi connectivity index (χ3v) is 2.12. The van der Waals surface area contributed by atoms with Crippen molar-refractivity contribution in [2.75, 3.05) is 18.9 Å². The van der Waals surface area contributed by atoms with Crippen molar-refractivity contribution in [2.24, 2.45) is 0 Å². The third kappa shape index (κ3) is 3.83.